The predicted molar refractivity (Wildman–Crippen MR) is 168 cm³/mol. The minimum absolute atomic E-state index is 0.0394. The smallest absolute Gasteiger partial charge is 0.339 e. The quantitative estimate of drug-likeness (QED) is 0.167. The van der Waals surface area contributed by atoms with E-state index in [1.165, 1.54) is 25.7 Å². The Morgan fingerprint density at radius 3 is 2.49 bits per heavy atom. The van der Waals surface area contributed by atoms with E-state index in [1.54, 1.807) is 12.1 Å². The number of nitrogens with one attached hydrogen (secondary N) is 2. The van der Waals surface area contributed by atoms with Crippen LogP contribution in [0.25, 0.3) is 0 Å². The van der Waals surface area contributed by atoms with E-state index in [0.29, 0.717) is 48.0 Å². The second-order valence-electron chi connectivity index (χ2n) is 11.6. The third kappa shape index (κ3) is 8.64. The number of rotatable bonds is 13. The largest absolute Gasteiger partial charge is 0.493 e. The summed E-state index contributed by atoms with van der Waals surface area (Å²) in [5.41, 5.74) is 8.69. The Kier molecular flexibility index (Phi) is 10.9. The maximum absolute atomic E-state index is 12.5. The molecule has 9 heteroatoms. The molecule has 5 N–H and O–H groups in total. The van der Waals surface area contributed by atoms with Crippen molar-refractivity contribution in [2.24, 2.45) is 17.8 Å². The molecule has 1 saturated carbocycles. The fourth-order valence-corrected chi connectivity index (χ4v) is 5.57. The zero-order chi connectivity index (χ0) is 30.9. The molecular formula is C34H43N3O6. The van der Waals surface area contributed by atoms with Gasteiger partial charge in [0.05, 0.1) is 13.2 Å². The van der Waals surface area contributed by atoms with Gasteiger partial charge in [-0.1, -0.05) is 51.5 Å². The summed E-state index contributed by atoms with van der Waals surface area (Å²) in [4.78, 5) is 24.3. The van der Waals surface area contributed by atoms with Crippen LogP contribution >= 0.6 is 0 Å². The van der Waals surface area contributed by atoms with E-state index in [2.05, 4.69) is 31.4 Å². The lowest BCUT2D eigenvalue weighted by atomic mass is 9.75. The highest BCUT2D eigenvalue weighted by atomic mass is 16.5. The van der Waals surface area contributed by atoms with Crippen molar-refractivity contribution in [3.8, 4) is 17.2 Å². The highest BCUT2D eigenvalue weighted by Gasteiger charge is 2.31. The van der Waals surface area contributed by atoms with Crippen molar-refractivity contribution < 1.29 is 28.9 Å². The number of anilines is 2. The number of carbonyl (C=O) groups excluding carboxylic acids is 1. The molecule has 1 aliphatic carbocycles. The third-order valence-corrected chi connectivity index (χ3v) is 8.04. The Hall–Kier alpha value is -4.24. The number of para-hydroxylation sites is 1. The number of hydrogen-bond donors (Lipinski definition) is 4. The molecule has 4 rings (SSSR count). The molecular weight excluding hydrogens is 546 g/mol. The average molecular weight is 590 g/mol. The van der Waals surface area contributed by atoms with E-state index in [9.17, 15) is 14.7 Å². The molecule has 1 amide bonds. The van der Waals surface area contributed by atoms with E-state index < -0.39 is 5.97 Å². The zero-order valence-corrected chi connectivity index (χ0v) is 25.4. The number of nitrogen functional groups attached to an aromatic ring is 1. The lowest BCUT2D eigenvalue weighted by molar-refractivity contribution is -0.131. The van der Waals surface area contributed by atoms with Gasteiger partial charge in [0, 0.05) is 30.0 Å². The fourth-order valence-electron chi connectivity index (χ4n) is 5.57. The monoisotopic (exact) mass is 589 g/mol. The topological polar surface area (TPSA) is 132 Å². The van der Waals surface area contributed by atoms with Gasteiger partial charge in [-0.25, -0.2) is 4.79 Å². The van der Waals surface area contributed by atoms with Crippen molar-refractivity contribution in [3.63, 3.8) is 0 Å². The minimum atomic E-state index is -1.14. The van der Waals surface area contributed by atoms with Crippen LogP contribution in [0.4, 0.5) is 11.4 Å². The minimum Gasteiger partial charge on any atom is -0.493 e. The van der Waals surface area contributed by atoms with Gasteiger partial charge in [-0.3, -0.25) is 4.79 Å². The number of methoxy groups -OCH3 is 1. The van der Waals surface area contributed by atoms with Crippen molar-refractivity contribution in [1.29, 1.82) is 0 Å². The number of aromatic carboxylic acids is 1. The molecule has 0 aromatic heterocycles. The molecule has 0 bridgehead atoms. The first kappa shape index (κ1) is 31.7. The van der Waals surface area contributed by atoms with Crippen LogP contribution < -0.4 is 25.8 Å². The Morgan fingerprint density at radius 1 is 1.02 bits per heavy atom. The van der Waals surface area contributed by atoms with E-state index in [0.717, 1.165) is 29.7 Å². The number of nitrogens with two attached hydrogens (primary N) is 1. The molecule has 0 aliphatic heterocycles. The molecule has 230 valence electrons. The van der Waals surface area contributed by atoms with E-state index in [1.807, 2.05) is 36.4 Å². The van der Waals surface area contributed by atoms with Gasteiger partial charge in [-0.15, -0.1) is 0 Å². The standard InChI is InChI=1S/C34H43N3O6/c1-21(2)27-14-8-22(3)16-31(27)42-20-32(38)37-18-23-9-12-26(13-10-23)36-19-24-6-5-7-30(41-4)33(24)43-29-15-11-25(35)17-28(29)34(39)40/h5-7,9-13,15,17,21-22,27,31,36H,8,14,16,18-20,35H2,1-4H3,(H,37,38)(H,39,40)/t22-,27+,31-/m1/s1. The maximum atomic E-state index is 12.5. The molecule has 3 aromatic rings. The van der Waals surface area contributed by atoms with Crippen molar-refractivity contribution in [2.75, 3.05) is 24.8 Å². The maximum Gasteiger partial charge on any atom is 0.339 e. The number of benzene rings is 3. The van der Waals surface area contributed by atoms with Crippen LogP contribution in [0.3, 0.4) is 0 Å². The summed E-state index contributed by atoms with van der Waals surface area (Å²) in [7, 11) is 1.53. The van der Waals surface area contributed by atoms with Crippen molar-refractivity contribution in [2.45, 2.75) is 59.2 Å². The van der Waals surface area contributed by atoms with Crippen LogP contribution in [-0.2, 0) is 22.6 Å². The Bertz CT molecular complexity index is 1390. The third-order valence-electron chi connectivity index (χ3n) is 8.04. The SMILES string of the molecule is COc1cccc(CNc2ccc(CNC(=O)CO[C@@H]3C[C@H](C)CC[C@H]3C(C)C)cc2)c1Oc1ccc(N)cc1C(=O)O. The van der Waals surface area contributed by atoms with E-state index in [-0.39, 0.29) is 29.9 Å². The summed E-state index contributed by atoms with van der Waals surface area (Å²) in [6, 6.07) is 17.8. The fraction of sp³-hybridized carbons (Fsp3) is 0.412. The van der Waals surface area contributed by atoms with Crippen molar-refractivity contribution >= 4 is 23.3 Å². The lowest BCUT2D eigenvalue weighted by Crippen LogP contribution is -2.37. The first-order valence-corrected chi connectivity index (χ1v) is 14.8. The second-order valence-corrected chi connectivity index (χ2v) is 11.6. The average Bonchev–Trinajstić information content (AvgIpc) is 2.99. The molecule has 3 aromatic carbocycles. The van der Waals surface area contributed by atoms with Crippen LogP contribution in [-0.4, -0.2) is 36.8 Å². The van der Waals surface area contributed by atoms with Gasteiger partial charge in [-0.2, -0.15) is 0 Å². The summed E-state index contributed by atoms with van der Waals surface area (Å²) in [5.74, 6) is 1.48. The first-order chi connectivity index (χ1) is 20.6. The molecule has 43 heavy (non-hydrogen) atoms. The molecule has 1 aliphatic rings. The van der Waals surface area contributed by atoms with E-state index in [4.69, 9.17) is 19.9 Å². The molecule has 0 spiro atoms. The van der Waals surface area contributed by atoms with Gasteiger partial charge in [0.25, 0.3) is 0 Å². The van der Waals surface area contributed by atoms with Gasteiger partial charge in [0.2, 0.25) is 5.91 Å². The van der Waals surface area contributed by atoms with Gasteiger partial charge in [0.15, 0.2) is 11.5 Å². The molecule has 9 nitrogen and oxygen atoms in total. The zero-order valence-electron chi connectivity index (χ0n) is 25.4. The lowest BCUT2D eigenvalue weighted by Gasteiger charge is -2.37. The predicted octanol–water partition coefficient (Wildman–Crippen LogP) is 6.47. The van der Waals surface area contributed by atoms with Crippen LogP contribution in [0.5, 0.6) is 17.2 Å². The summed E-state index contributed by atoms with van der Waals surface area (Å²) in [6.07, 6.45) is 3.54. The normalized spacial score (nSPS) is 18.2. The summed E-state index contributed by atoms with van der Waals surface area (Å²) in [6.45, 7) is 7.62. The Balaban J connectivity index is 1.32. The number of carboxylic acids is 1. The second kappa shape index (κ2) is 14.8. The van der Waals surface area contributed by atoms with Gasteiger partial charge >= 0.3 is 5.97 Å². The Labute approximate surface area is 253 Å². The van der Waals surface area contributed by atoms with Gasteiger partial charge in [-0.05, 0) is 72.6 Å². The van der Waals surface area contributed by atoms with Gasteiger partial charge in [0.1, 0.15) is 17.9 Å². The number of hydrogen-bond acceptors (Lipinski definition) is 7. The number of carbonyl (C=O) groups is 2. The van der Waals surface area contributed by atoms with Crippen molar-refractivity contribution in [3.05, 3.63) is 77.4 Å². The Morgan fingerprint density at radius 2 is 1.79 bits per heavy atom. The number of carboxylic acid groups (broad SMARTS) is 1. The number of amides is 1. The molecule has 0 saturated heterocycles. The summed E-state index contributed by atoms with van der Waals surface area (Å²) < 4.78 is 17.7. The van der Waals surface area contributed by atoms with Crippen LogP contribution in [0, 0.1) is 17.8 Å². The van der Waals surface area contributed by atoms with E-state index >= 15 is 0 Å². The summed E-state index contributed by atoms with van der Waals surface area (Å²) in [5, 5.41) is 16.0. The highest BCUT2D eigenvalue weighted by molar-refractivity contribution is 5.92. The van der Waals surface area contributed by atoms with Crippen molar-refractivity contribution in [1.82, 2.24) is 5.32 Å². The van der Waals surface area contributed by atoms with Crippen LogP contribution in [0.1, 0.15) is 61.5 Å². The van der Waals surface area contributed by atoms with Crippen LogP contribution in [0.2, 0.25) is 0 Å². The molecule has 0 radical (unpaired) electrons. The molecule has 1 fully saturated rings. The molecule has 3 atom stereocenters. The first-order valence-electron chi connectivity index (χ1n) is 14.8. The molecule has 0 heterocycles. The summed E-state index contributed by atoms with van der Waals surface area (Å²) >= 11 is 0. The highest BCUT2D eigenvalue weighted by Crippen LogP contribution is 2.38. The van der Waals surface area contributed by atoms with Crippen LogP contribution in [0.15, 0.2) is 60.7 Å². The molecule has 0 unspecified atom stereocenters. The number of ether oxygens (including phenoxy) is 3. The van der Waals surface area contributed by atoms with Gasteiger partial charge < -0.3 is 35.7 Å².